The predicted octanol–water partition coefficient (Wildman–Crippen LogP) is 4.77. The molecule has 0 aliphatic carbocycles. The summed E-state index contributed by atoms with van der Waals surface area (Å²) in [5.74, 6) is 0.930. The van der Waals surface area contributed by atoms with Crippen LogP contribution >= 0.6 is 15.9 Å². The fourth-order valence-electron chi connectivity index (χ4n) is 3.81. The quantitative estimate of drug-likeness (QED) is 0.510. The number of fused-ring (bicyclic) bond motifs is 1. The number of ether oxygens (including phenoxy) is 1. The average Bonchev–Trinajstić information content (AvgIpc) is 3.21. The zero-order chi connectivity index (χ0) is 22.8. The van der Waals surface area contributed by atoms with Crippen molar-refractivity contribution >= 4 is 33.5 Å². The number of aryl methyl sites for hydroxylation is 2. The molecule has 1 aliphatic heterocycles. The van der Waals surface area contributed by atoms with Crippen molar-refractivity contribution in [2.75, 3.05) is 17.2 Å². The van der Waals surface area contributed by atoms with Crippen LogP contribution in [-0.2, 0) is 4.79 Å². The van der Waals surface area contributed by atoms with E-state index < -0.39 is 6.04 Å². The Balaban J connectivity index is 1.80. The second kappa shape index (κ2) is 9.12. The van der Waals surface area contributed by atoms with Gasteiger partial charge in [0.15, 0.2) is 0 Å². The maximum absolute atomic E-state index is 13.6. The van der Waals surface area contributed by atoms with Crippen LogP contribution < -0.4 is 15.4 Å². The molecule has 1 aromatic heterocycles. The molecule has 3 aromatic rings. The van der Waals surface area contributed by atoms with Crippen molar-refractivity contribution in [1.29, 1.82) is 0 Å². The third-order valence-corrected chi connectivity index (χ3v) is 5.81. The Morgan fingerprint density at radius 1 is 1.22 bits per heavy atom. The maximum Gasteiger partial charge on any atom is 0.255 e. The van der Waals surface area contributed by atoms with E-state index in [1.54, 1.807) is 4.68 Å². The summed E-state index contributed by atoms with van der Waals surface area (Å²) < 4.78 is 8.51. The van der Waals surface area contributed by atoms with E-state index in [1.807, 2.05) is 57.2 Å². The standard InChI is InChI=1S/C23H25BrN6O2/c1-5-10-32-19-9-7-16(24)12-17(19)21-20(15(4)25-23-27-28-29-30(21)23)22(31)26-18-8-6-13(2)11-14(18)3/h6-9,11-12,21H,5,10H2,1-4H3,(H,26,31)(H,25,27,29)/t21-/m1/s1. The number of nitrogens with zero attached hydrogens (tertiary/aromatic N) is 4. The number of allylic oxidation sites excluding steroid dienone is 1. The van der Waals surface area contributed by atoms with E-state index in [1.165, 1.54) is 0 Å². The summed E-state index contributed by atoms with van der Waals surface area (Å²) in [5, 5.41) is 18.3. The maximum atomic E-state index is 13.6. The zero-order valence-electron chi connectivity index (χ0n) is 18.4. The molecular formula is C23H25BrN6O2. The molecule has 0 unspecified atom stereocenters. The van der Waals surface area contributed by atoms with Gasteiger partial charge in [0.1, 0.15) is 11.8 Å². The second-order valence-corrected chi connectivity index (χ2v) is 8.73. The summed E-state index contributed by atoms with van der Waals surface area (Å²) in [6.45, 7) is 8.47. The molecule has 1 atom stereocenters. The Morgan fingerprint density at radius 3 is 2.78 bits per heavy atom. The van der Waals surface area contributed by atoms with Gasteiger partial charge in [0.05, 0.1) is 12.2 Å². The lowest BCUT2D eigenvalue weighted by atomic mass is 9.94. The van der Waals surface area contributed by atoms with E-state index in [0.29, 0.717) is 29.6 Å². The lowest BCUT2D eigenvalue weighted by molar-refractivity contribution is -0.113. The van der Waals surface area contributed by atoms with Crippen LogP contribution in [0.3, 0.4) is 0 Å². The van der Waals surface area contributed by atoms with Gasteiger partial charge in [-0.3, -0.25) is 4.79 Å². The number of tetrazole rings is 1. The first kappa shape index (κ1) is 22.0. The summed E-state index contributed by atoms with van der Waals surface area (Å²) in [6, 6.07) is 11.1. The molecule has 4 rings (SSSR count). The minimum atomic E-state index is -0.559. The van der Waals surface area contributed by atoms with E-state index in [2.05, 4.69) is 49.0 Å². The molecule has 1 aliphatic rings. The molecule has 166 valence electrons. The van der Waals surface area contributed by atoms with Gasteiger partial charge in [-0.05, 0) is 67.4 Å². The van der Waals surface area contributed by atoms with Crippen molar-refractivity contribution < 1.29 is 9.53 Å². The number of halogens is 1. The predicted molar refractivity (Wildman–Crippen MR) is 127 cm³/mol. The van der Waals surface area contributed by atoms with E-state index in [-0.39, 0.29) is 5.91 Å². The lowest BCUT2D eigenvalue weighted by Gasteiger charge is -2.29. The topological polar surface area (TPSA) is 94.0 Å². The van der Waals surface area contributed by atoms with Gasteiger partial charge in [0.2, 0.25) is 5.95 Å². The molecular weight excluding hydrogens is 472 g/mol. The van der Waals surface area contributed by atoms with Crippen LogP contribution in [0.4, 0.5) is 11.6 Å². The number of carbonyl (C=O) groups is 1. The summed E-state index contributed by atoms with van der Waals surface area (Å²) >= 11 is 3.56. The molecule has 2 heterocycles. The number of carbonyl (C=O) groups excluding carboxylic acids is 1. The fraction of sp³-hybridized carbons (Fsp3) is 0.304. The summed E-state index contributed by atoms with van der Waals surface area (Å²) in [4.78, 5) is 13.6. The van der Waals surface area contributed by atoms with Gasteiger partial charge >= 0.3 is 0 Å². The molecule has 8 nitrogen and oxygen atoms in total. The number of aromatic nitrogens is 4. The molecule has 0 fully saturated rings. The first-order valence-electron chi connectivity index (χ1n) is 10.5. The van der Waals surface area contributed by atoms with E-state index in [9.17, 15) is 4.79 Å². The molecule has 0 spiro atoms. The Bertz CT molecular complexity index is 1200. The second-order valence-electron chi connectivity index (χ2n) is 7.82. The fourth-order valence-corrected chi connectivity index (χ4v) is 4.19. The van der Waals surface area contributed by atoms with Gasteiger partial charge in [-0.1, -0.05) is 45.6 Å². The Hall–Kier alpha value is -3.20. The molecule has 0 radical (unpaired) electrons. The van der Waals surface area contributed by atoms with Crippen LogP contribution in [0.5, 0.6) is 5.75 Å². The van der Waals surface area contributed by atoms with Crippen molar-refractivity contribution in [3.63, 3.8) is 0 Å². The normalized spacial score (nSPS) is 15.2. The summed E-state index contributed by atoms with van der Waals surface area (Å²) in [5.41, 5.74) is 4.89. The molecule has 0 bridgehead atoms. The SMILES string of the molecule is CCCOc1ccc(Br)cc1[C@@H]1C(C(=O)Nc2ccc(C)cc2C)=C(C)Nc2nnnn21. The van der Waals surface area contributed by atoms with Gasteiger partial charge in [0, 0.05) is 21.4 Å². The van der Waals surface area contributed by atoms with Crippen molar-refractivity contribution in [2.24, 2.45) is 0 Å². The molecule has 32 heavy (non-hydrogen) atoms. The zero-order valence-corrected chi connectivity index (χ0v) is 20.0. The van der Waals surface area contributed by atoms with Gasteiger partial charge in [-0.2, -0.15) is 4.68 Å². The van der Waals surface area contributed by atoms with Crippen LogP contribution in [0, 0.1) is 13.8 Å². The van der Waals surface area contributed by atoms with Crippen molar-refractivity contribution in [2.45, 2.75) is 40.2 Å². The Morgan fingerprint density at radius 2 is 2.03 bits per heavy atom. The third kappa shape index (κ3) is 4.25. The van der Waals surface area contributed by atoms with Crippen LogP contribution in [0.25, 0.3) is 0 Å². The highest BCUT2D eigenvalue weighted by molar-refractivity contribution is 9.10. The number of benzene rings is 2. The first-order chi connectivity index (χ1) is 15.4. The van der Waals surface area contributed by atoms with Crippen molar-refractivity contribution in [3.8, 4) is 5.75 Å². The molecule has 9 heteroatoms. The van der Waals surface area contributed by atoms with E-state index in [4.69, 9.17) is 4.74 Å². The van der Waals surface area contributed by atoms with Crippen LogP contribution in [0.15, 0.2) is 52.1 Å². The van der Waals surface area contributed by atoms with Crippen molar-refractivity contribution in [1.82, 2.24) is 20.2 Å². The number of rotatable bonds is 6. The Labute approximate surface area is 195 Å². The first-order valence-corrected chi connectivity index (χ1v) is 11.2. The van der Waals surface area contributed by atoms with E-state index in [0.717, 1.165) is 33.3 Å². The van der Waals surface area contributed by atoms with Gasteiger partial charge in [-0.25, -0.2) is 0 Å². The molecule has 1 amide bonds. The molecule has 0 saturated carbocycles. The minimum absolute atomic E-state index is 0.227. The van der Waals surface area contributed by atoms with Gasteiger partial charge in [0.25, 0.3) is 5.91 Å². The van der Waals surface area contributed by atoms with Crippen LogP contribution in [-0.4, -0.2) is 32.7 Å². The number of anilines is 2. The highest BCUT2D eigenvalue weighted by Gasteiger charge is 2.36. The number of hydrogen-bond acceptors (Lipinski definition) is 6. The minimum Gasteiger partial charge on any atom is -0.493 e. The molecule has 2 aromatic carbocycles. The van der Waals surface area contributed by atoms with Crippen LogP contribution in [0.1, 0.15) is 43.0 Å². The summed E-state index contributed by atoms with van der Waals surface area (Å²) in [6.07, 6.45) is 0.868. The summed E-state index contributed by atoms with van der Waals surface area (Å²) in [7, 11) is 0. The molecule has 0 saturated heterocycles. The molecule has 2 N–H and O–H groups in total. The van der Waals surface area contributed by atoms with Gasteiger partial charge in [-0.15, -0.1) is 0 Å². The monoisotopic (exact) mass is 496 g/mol. The largest absolute Gasteiger partial charge is 0.493 e. The smallest absolute Gasteiger partial charge is 0.255 e. The number of hydrogen-bond donors (Lipinski definition) is 2. The van der Waals surface area contributed by atoms with Crippen molar-refractivity contribution in [3.05, 3.63) is 68.8 Å². The number of amides is 1. The van der Waals surface area contributed by atoms with Crippen LogP contribution in [0.2, 0.25) is 0 Å². The highest BCUT2D eigenvalue weighted by atomic mass is 79.9. The highest BCUT2D eigenvalue weighted by Crippen LogP contribution is 2.40. The third-order valence-electron chi connectivity index (χ3n) is 5.32. The lowest BCUT2D eigenvalue weighted by Crippen LogP contribution is -2.32. The Kier molecular flexibility index (Phi) is 6.27. The van der Waals surface area contributed by atoms with E-state index >= 15 is 0 Å². The number of nitrogens with one attached hydrogen (secondary N) is 2. The average molecular weight is 497 g/mol. The van der Waals surface area contributed by atoms with Gasteiger partial charge < -0.3 is 15.4 Å².